The van der Waals surface area contributed by atoms with Gasteiger partial charge in [-0.15, -0.1) is 12.4 Å². The van der Waals surface area contributed by atoms with E-state index in [2.05, 4.69) is 25.9 Å². The number of hydrogen-bond donors (Lipinski definition) is 4. The Balaban J connectivity index is 0.00000225. The molecule has 0 fully saturated rings. The van der Waals surface area contributed by atoms with Crippen LogP contribution in [0.1, 0.15) is 21.6 Å². The first-order chi connectivity index (χ1) is 11.6. The average Bonchev–Trinajstić information content (AvgIpc) is 2.59. The summed E-state index contributed by atoms with van der Waals surface area (Å²) < 4.78 is 0. The van der Waals surface area contributed by atoms with Gasteiger partial charge in [-0.2, -0.15) is 0 Å². The Morgan fingerprint density at radius 1 is 1.28 bits per heavy atom. The number of carbonyl (C=O) groups excluding carboxylic acids is 1. The summed E-state index contributed by atoms with van der Waals surface area (Å²) in [6.07, 6.45) is 0.686. The monoisotopic (exact) mass is 383 g/mol. The van der Waals surface area contributed by atoms with Crippen molar-refractivity contribution >= 4 is 35.9 Å². The highest BCUT2D eigenvalue weighted by Crippen LogP contribution is 2.14. The molecule has 7 nitrogen and oxygen atoms in total. The maximum Gasteiger partial charge on any atom is 0.255 e. The van der Waals surface area contributed by atoms with Crippen LogP contribution in [-0.4, -0.2) is 35.5 Å². The molecule has 0 aliphatic carbocycles. The Morgan fingerprint density at radius 2 is 2.08 bits per heavy atom. The maximum absolute atomic E-state index is 12.0. The molecule has 3 rings (SSSR count). The largest absolute Gasteiger partial charge is 0.354 e. The fourth-order valence-corrected chi connectivity index (χ4v) is 2.77. The van der Waals surface area contributed by atoms with Gasteiger partial charge in [0.05, 0.1) is 16.3 Å². The van der Waals surface area contributed by atoms with E-state index in [0.29, 0.717) is 42.6 Å². The van der Waals surface area contributed by atoms with Crippen molar-refractivity contribution in [3.05, 3.63) is 56.5 Å². The molecule has 2 aromatic rings. The number of aromatic nitrogens is 2. The number of fused-ring (bicyclic) bond motifs is 1. The number of anilines is 1. The lowest BCUT2D eigenvalue weighted by Crippen LogP contribution is -2.33. The molecule has 1 aromatic carbocycles. The number of rotatable bonds is 5. The summed E-state index contributed by atoms with van der Waals surface area (Å²) in [4.78, 5) is 31.1. The van der Waals surface area contributed by atoms with Crippen LogP contribution in [0.15, 0.2) is 29.1 Å². The predicted molar refractivity (Wildman–Crippen MR) is 99.8 cm³/mol. The van der Waals surface area contributed by atoms with Crippen LogP contribution in [0, 0.1) is 0 Å². The molecule has 1 aliphatic heterocycles. The summed E-state index contributed by atoms with van der Waals surface area (Å²) in [5, 5.41) is 9.39. The number of benzene rings is 1. The second-order valence-corrected chi connectivity index (χ2v) is 5.84. The van der Waals surface area contributed by atoms with E-state index in [0.717, 1.165) is 17.8 Å². The SMILES string of the molecule is Cl.O=C(NCCNc1nc2c(c(=O)[nH]1)CCNC2)c1ccccc1Cl. The van der Waals surface area contributed by atoms with E-state index in [1.807, 2.05) is 0 Å². The van der Waals surface area contributed by atoms with Crippen molar-refractivity contribution in [3.8, 4) is 0 Å². The third-order valence-corrected chi connectivity index (χ3v) is 4.10. The van der Waals surface area contributed by atoms with Crippen molar-refractivity contribution in [2.45, 2.75) is 13.0 Å². The van der Waals surface area contributed by atoms with Crippen LogP contribution in [0.5, 0.6) is 0 Å². The number of H-pyrrole nitrogens is 1. The van der Waals surface area contributed by atoms with Gasteiger partial charge in [0.25, 0.3) is 11.5 Å². The summed E-state index contributed by atoms with van der Waals surface area (Å²) >= 11 is 5.98. The van der Waals surface area contributed by atoms with Gasteiger partial charge in [0.2, 0.25) is 5.95 Å². The Hall–Kier alpha value is -2.09. The van der Waals surface area contributed by atoms with Gasteiger partial charge in [-0.3, -0.25) is 14.6 Å². The second kappa shape index (κ2) is 8.84. The highest BCUT2D eigenvalue weighted by atomic mass is 35.5. The van der Waals surface area contributed by atoms with Crippen LogP contribution in [0.25, 0.3) is 0 Å². The molecule has 0 unspecified atom stereocenters. The van der Waals surface area contributed by atoms with Gasteiger partial charge in [-0.1, -0.05) is 23.7 Å². The van der Waals surface area contributed by atoms with Crippen molar-refractivity contribution in [2.24, 2.45) is 0 Å². The van der Waals surface area contributed by atoms with E-state index in [9.17, 15) is 9.59 Å². The van der Waals surface area contributed by atoms with Gasteiger partial charge in [-0.05, 0) is 25.1 Å². The lowest BCUT2D eigenvalue weighted by atomic mass is 10.1. The quantitative estimate of drug-likeness (QED) is 0.583. The molecule has 1 amide bonds. The molecule has 25 heavy (non-hydrogen) atoms. The minimum absolute atomic E-state index is 0. The van der Waals surface area contributed by atoms with Crippen molar-refractivity contribution in [1.29, 1.82) is 0 Å². The first-order valence-electron chi connectivity index (χ1n) is 7.74. The van der Waals surface area contributed by atoms with Crippen LogP contribution in [0.2, 0.25) is 5.02 Å². The van der Waals surface area contributed by atoms with Gasteiger partial charge in [0.15, 0.2) is 0 Å². The molecule has 134 valence electrons. The van der Waals surface area contributed by atoms with E-state index in [-0.39, 0.29) is 23.9 Å². The number of hydrogen-bond acceptors (Lipinski definition) is 5. The molecular formula is C16H19Cl2N5O2. The van der Waals surface area contributed by atoms with E-state index in [1.54, 1.807) is 24.3 Å². The molecule has 0 atom stereocenters. The number of nitrogens with zero attached hydrogens (tertiary/aromatic N) is 1. The van der Waals surface area contributed by atoms with Crippen molar-refractivity contribution in [2.75, 3.05) is 25.0 Å². The lowest BCUT2D eigenvalue weighted by molar-refractivity contribution is 0.0955. The highest BCUT2D eigenvalue weighted by Gasteiger charge is 2.15. The molecule has 1 aromatic heterocycles. The number of amides is 1. The summed E-state index contributed by atoms with van der Waals surface area (Å²) in [6.45, 7) is 2.20. The minimum atomic E-state index is -0.238. The average molecular weight is 384 g/mol. The van der Waals surface area contributed by atoms with Crippen LogP contribution in [0.4, 0.5) is 5.95 Å². The first kappa shape index (κ1) is 19.2. The molecule has 0 saturated carbocycles. The number of carbonyl (C=O) groups is 1. The van der Waals surface area contributed by atoms with Gasteiger partial charge >= 0.3 is 0 Å². The molecule has 0 radical (unpaired) electrons. The zero-order valence-corrected chi connectivity index (χ0v) is 15.0. The topological polar surface area (TPSA) is 98.9 Å². The minimum Gasteiger partial charge on any atom is -0.354 e. The molecule has 1 aliphatic rings. The van der Waals surface area contributed by atoms with Crippen LogP contribution >= 0.6 is 24.0 Å². The fourth-order valence-electron chi connectivity index (χ4n) is 2.55. The second-order valence-electron chi connectivity index (χ2n) is 5.43. The smallest absolute Gasteiger partial charge is 0.255 e. The predicted octanol–water partition coefficient (Wildman–Crippen LogP) is 1.33. The summed E-state index contributed by atoms with van der Waals surface area (Å²) in [7, 11) is 0. The standard InChI is InChI=1S/C16H18ClN5O2.ClH/c17-12-4-2-1-3-10(12)14(23)19-7-8-20-16-21-13-9-18-6-5-11(13)15(24)22-16;/h1-4,18H,5-9H2,(H,19,23)(H2,20,21,22,24);1H. The fraction of sp³-hybridized carbons (Fsp3) is 0.312. The van der Waals surface area contributed by atoms with Crippen LogP contribution < -0.4 is 21.5 Å². The Morgan fingerprint density at radius 3 is 2.88 bits per heavy atom. The molecule has 0 bridgehead atoms. The zero-order valence-electron chi connectivity index (χ0n) is 13.4. The molecule has 0 saturated heterocycles. The molecule has 0 spiro atoms. The molecule has 2 heterocycles. The van der Waals surface area contributed by atoms with Gasteiger partial charge < -0.3 is 16.0 Å². The summed E-state index contributed by atoms with van der Waals surface area (Å²) in [6, 6.07) is 6.87. The molecule has 9 heteroatoms. The number of halogens is 2. The highest BCUT2D eigenvalue weighted by molar-refractivity contribution is 6.33. The number of nitrogens with one attached hydrogen (secondary N) is 4. The lowest BCUT2D eigenvalue weighted by Gasteiger charge is -2.16. The maximum atomic E-state index is 12.0. The van der Waals surface area contributed by atoms with E-state index >= 15 is 0 Å². The van der Waals surface area contributed by atoms with Gasteiger partial charge in [0, 0.05) is 25.2 Å². The third-order valence-electron chi connectivity index (χ3n) is 3.77. The molecular weight excluding hydrogens is 365 g/mol. The normalized spacial score (nSPS) is 12.7. The first-order valence-corrected chi connectivity index (χ1v) is 8.12. The van der Waals surface area contributed by atoms with Crippen LogP contribution in [-0.2, 0) is 13.0 Å². The van der Waals surface area contributed by atoms with Crippen molar-refractivity contribution in [3.63, 3.8) is 0 Å². The molecule has 4 N–H and O–H groups in total. The van der Waals surface area contributed by atoms with Crippen LogP contribution in [0.3, 0.4) is 0 Å². The van der Waals surface area contributed by atoms with Gasteiger partial charge in [0.1, 0.15) is 0 Å². The zero-order chi connectivity index (χ0) is 16.9. The van der Waals surface area contributed by atoms with E-state index in [1.165, 1.54) is 0 Å². The van der Waals surface area contributed by atoms with Crippen molar-refractivity contribution in [1.82, 2.24) is 20.6 Å². The van der Waals surface area contributed by atoms with E-state index < -0.39 is 0 Å². The Kier molecular flexibility index (Phi) is 6.81. The number of aromatic amines is 1. The summed E-state index contributed by atoms with van der Waals surface area (Å²) in [5.41, 5.74) is 1.84. The van der Waals surface area contributed by atoms with Gasteiger partial charge in [-0.25, -0.2) is 4.98 Å². The Labute approximate surface area is 156 Å². The van der Waals surface area contributed by atoms with E-state index in [4.69, 9.17) is 11.6 Å². The summed E-state index contributed by atoms with van der Waals surface area (Å²) in [5.74, 6) is 0.174. The Bertz CT molecular complexity index is 809. The third kappa shape index (κ3) is 4.72. The van der Waals surface area contributed by atoms with Crippen molar-refractivity contribution < 1.29 is 4.79 Å².